The smallest absolute Gasteiger partial charge is 0.326 e. The zero-order valence-corrected chi connectivity index (χ0v) is 10.8. The number of amides is 2. The van der Waals surface area contributed by atoms with Crippen LogP contribution in [0.5, 0.6) is 0 Å². The molecule has 104 valence electrons. The van der Waals surface area contributed by atoms with Gasteiger partial charge in [-0.3, -0.25) is 0 Å². The van der Waals surface area contributed by atoms with Crippen molar-refractivity contribution >= 4 is 12.0 Å². The minimum Gasteiger partial charge on any atom is -0.480 e. The van der Waals surface area contributed by atoms with Gasteiger partial charge in [0.1, 0.15) is 6.04 Å². The van der Waals surface area contributed by atoms with Crippen LogP contribution in [0.15, 0.2) is 0 Å². The summed E-state index contributed by atoms with van der Waals surface area (Å²) in [6, 6.07) is -1.27. The molecule has 0 saturated heterocycles. The van der Waals surface area contributed by atoms with Gasteiger partial charge in [0.2, 0.25) is 0 Å². The Hall–Kier alpha value is -1.30. The number of aliphatic carboxylic acids is 1. The van der Waals surface area contributed by atoms with E-state index >= 15 is 0 Å². The Morgan fingerprint density at radius 3 is 2.72 bits per heavy atom. The third kappa shape index (κ3) is 6.44. The second-order valence-electron chi connectivity index (χ2n) is 4.60. The van der Waals surface area contributed by atoms with Gasteiger partial charge in [0.15, 0.2) is 0 Å². The molecule has 6 nitrogen and oxygen atoms in total. The molecule has 0 spiro atoms. The zero-order valence-electron chi connectivity index (χ0n) is 10.8. The highest BCUT2D eigenvalue weighted by atomic mass is 16.5. The maximum Gasteiger partial charge on any atom is 0.326 e. The van der Waals surface area contributed by atoms with Gasteiger partial charge in [-0.25, -0.2) is 9.59 Å². The third-order valence-electron chi connectivity index (χ3n) is 2.76. The zero-order chi connectivity index (χ0) is 13.4. The number of hydrogen-bond donors (Lipinski definition) is 3. The first-order valence-electron chi connectivity index (χ1n) is 6.48. The largest absolute Gasteiger partial charge is 0.480 e. The van der Waals surface area contributed by atoms with Gasteiger partial charge in [-0.1, -0.05) is 13.3 Å². The average molecular weight is 258 g/mol. The van der Waals surface area contributed by atoms with Crippen LogP contribution < -0.4 is 10.6 Å². The summed E-state index contributed by atoms with van der Waals surface area (Å²) in [5.74, 6) is -0.295. The van der Waals surface area contributed by atoms with Crippen LogP contribution in [0.2, 0.25) is 0 Å². The molecule has 1 saturated carbocycles. The highest BCUT2D eigenvalue weighted by molar-refractivity contribution is 5.82. The summed E-state index contributed by atoms with van der Waals surface area (Å²) >= 11 is 0. The van der Waals surface area contributed by atoms with Crippen LogP contribution in [-0.2, 0) is 9.53 Å². The number of urea groups is 1. The number of ether oxygens (including phenoxy) is 1. The summed E-state index contributed by atoms with van der Waals surface area (Å²) in [7, 11) is 0. The minimum absolute atomic E-state index is 0.400. The standard InChI is InChI=1S/C12H22N2O4/c1-2-3-10(11(15)16)14-12(17)13-6-7-18-8-9-4-5-9/h9-10H,2-8H2,1H3,(H,15,16)(H2,13,14,17)/t10-/m0/s1. The van der Waals surface area contributed by atoms with Gasteiger partial charge >= 0.3 is 12.0 Å². The van der Waals surface area contributed by atoms with Crippen molar-refractivity contribution in [3.63, 3.8) is 0 Å². The molecule has 0 aromatic carbocycles. The first kappa shape index (κ1) is 14.8. The van der Waals surface area contributed by atoms with Crippen LogP contribution in [0, 0.1) is 5.92 Å². The lowest BCUT2D eigenvalue weighted by Crippen LogP contribution is -2.46. The van der Waals surface area contributed by atoms with Crippen molar-refractivity contribution in [2.24, 2.45) is 5.92 Å². The van der Waals surface area contributed by atoms with Crippen LogP contribution in [-0.4, -0.2) is 42.9 Å². The fourth-order valence-corrected chi connectivity index (χ4v) is 1.53. The SMILES string of the molecule is CCC[C@H](NC(=O)NCCOCC1CC1)C(=O)O. The molecule has 0 aromatic rings. The Balaban J connectivity index is 2.04. The van der Waals surface area contributed by atoms with Gasteiger partial charge in [0.25, 0.3) is 0 Å². The van der Waals surface area contributed by atoms with Crippen LogP contribution in [0.1, 0.15) is 32.6 Å². The summed E-state index contributed by atoms with van der Waals surface area (Å²) in [4.78, 5) is 22.2. The monoisotopic (exact) mass is 258 g/mol. The molecule has 1 rings (SSSR count). The molecular formula is C12H22N2O4. The molecule has 1 atom stereocenters. The number of rotatable bonds is 9. The predicted octanol–water partition coefficient (Wildman–Crippen LogP) is 0.965. The van der Waals surface area contributed by atoms with E-state index in [0.717, 1.165) is 6.61 Å². The van der Waals surface area contributed by atoms with Crippen LogP contribution >= 0.6 is 0 Å². The summed E-state index contributed by atoms with van der Waals surface area (Å²) in [5.41, 5.74) is 0. The fourth-order valence-electron chi connectivity index (χ4n) is 1.53. The minimum atomic E-state index is -1.00. The summed E-state index contributed by atoms with van der Waals surface area (Å²) < 4.78 is 5.35. The van der Waals surface area contributed by atoms with E-state index in [4.69, 9.17) is 9.84 Å². The number of carbonyl (C=O) groups excluding carboxylic acids is 1. The van der Waals surface area contributed by atoms with Crippen LogP contribution in [0.3, 0.4) is 0 Å². The lowest BCUT2D eigenvalue weighted by Gasteiger charge is -2.14. The van der Waals surface area contributed by atoms with Crippen molar-refractivity contribution in [3.05, 3.63) is 0 Å². The number of hydrogen-bond acceptors (Lipinski definition) is 3. The van der Waals surface area contributed by atoms with Gasteiger partial charge in [-0.2, -0.15) is 0 Å². The fraction of sp³-hybridized carbons (Fsp3) is 0.833. The van der Waals surface area contributed by atoms with Gasteiger partial charge in [-0.05, 0) is 25.2 Å². The average Bonchev–Trinajstić information content (AvgIpc) is 3.12. The summed E-state index contributed by atoms with van der Waals surface area (Å²) in [5, 5.41) is 13.9. The molecule has 0 aromatic heterocycles. The molecular weight excluding hydrogens is 236 g/mol. The van der Waals surface area contributed by atoms with Crippen molar-refractivity contribution in [3.8, 4) is 0 Å². The Morgan fingerprint density at radius 2 is 2.17 bits per heavy atom. The molecule has 18 heavy (non-hydrogen) atoms. The lowest BCUT2D eigenvalue weighted by atomic mass is 10.2. The van der Waals surface area contributed by atoms with Crippen molar-refractivity contribution < 1.29 is 19.4 Å². The van der Waals surface area contributed by atoms with E-state index in [-0.39, 0.29) is 0 Å². The van der Waals surface area contributed by atoms with Crippen LogP contribution in [0.25, 0.3) is 0 Å². The molecule has 0 bridgehead atoms. The Bertz CT molecular complexity index is 279. The molecule has 6 heteroatoms. The second kappa shape index (κ2) is 7.92. The number of nitrogens with one attached hydrogen (secondary N) is 2. The molecule has 3 N–H and O–H groups in total. The maximum atomic E-state index is 11.4. The van der Waals surface area contributed by atoms with Crippen molar-refractivity contribution in [2.75, 3.05) is 19.8 Å². The van der Waals surface area contributed by atoms with E-state index in [1.807, 2.05) is 6.92 Å². The van der Waals surface area contributed by atoms with Crippen molar-refractivity contribution in [2.45, 2.75) is 38.6 Å². The molecule has 1 aliphatic rings. The highest BCUT2D eigenvalue weighted by Gasteiger charge is 2.21. The summed E-state index contributed by atoms with van der Waals surface area (Å²) in [6.45, 7) is 3.50. The molecule has 2 amide bonds. The lowest BCUT2D eigenvalue weighted by molar-refractivity contribution is -0.139. The third-order valence-corrected chi connectivity index (χ3v) is 2.76. The number of carbonyl (C=O) groups is 2. The van der Waals surface area contributed by atoms with E-state index in [0.29, 0.717) is 31.9 Å². The van der Waals surface area contributed by atoms with E-state index in [1.165, 1.54) is 12.8 Å². The molecule has 0 radical (unpaired) electrons. The second-order valence-corrected chi connectivity index (χ2v) is 4.60. The van der Waals surface area contributed by atoms with Crippen molar-refractivity contribution in [1.29, 1.82) is 0 Å². The molecule has 0 aliphatic heterocycles. The first-order valence-corrected chi connectivity index (χ1v) is 6.48. The maximum absolute atomic E-state index is 11.4. The topological polar surface area (TPSA) is 87.7 Å². The Kier molecular flexibility index (Phi) is 6.49. The molecule has 0 heterocycles. The van der Waals surface area contributed by atoms with E-state index in [2.05, 4.69) is 10.6 Å². The van der Waals surface area contributed by atoms with Gasteiger partial charge in [-0.15, -0.1) is 0 Å². The molecule has 0 unspecified atom stereocenters. The quantitative estimate of drug-likeness (QED) is 0.538. The van der Waals surface area contributed by atoms with Gasteiger partial charge in [0.05, 0.1) is 6.61 Å². The molecule has 1 aliphatic carbocycles. The van der Waals surface area contributed by atoms with E-state index in [9.17, 15) is 9.59 Å². The first-order chi connectivity index (χ1) is 8.63. The number of carboxylic acids is 1. The Morgan fingerprint density at radius 1 is 1.44 bits per heavy atom. The van der Waals surface area contributed by atoms with Crippen LogP contribution in [0.4, 0.5) is 4.79 Å². The Labute approximate surface area is 107 Å². The highest BCUT2D eigenvalue weighted by Crippen LogP contribution is 2.28. The van der Waals surface area contributed by atoms with E-state index in [1.54, 1.807) is 0 Å². The predicted molar refractivity (Wildman–Crippen MR) is 66.4 cm³/mol. The molecule has 1 fully saturated rings. The normalized spacial score (nSPS) is 16.1. The van der Waals surface area contributed by atoms with Crippen molar-refractivity contribution in [1.82, 2.24) is 10.6 Å². The van der Waals surface area contributed by atoms with E-state index < -0.39 is 18.0 Å². The van der Waals surface area contributed by atoms with Gasteiger partial charge < -0.3 is 20.5 Å². The van der Waals surface area contributed by atoms with Gasteiger partial charge in [0, 0.05) is 13.2 Å². The number of carboxylic acid groups (broad SMARTS) is 1. The summed E-state index contributed by atoms with van der Waals surface area (Å²) in [6.07, 6.45) is 3.62.